The largest absolute Gasteiger partial charge is 0.396 e. The average Bonchev–Trinajstić information content (AvgIpc) is 3.29. The second kappa shape index (κ2) is 12.0. The van der Waals surface area contributed by atoms with Gasteiger partial charge in [0.15, 0.2) is 9.84 Å². The first kappa shape index (κ1) is 28.1. The molecule has 2 rings (SSSR count). The molecular weight excluding hydrogens is 418 g/mol. The van der Waals surface area contributed by atoms with Crippen LogP contribution in [0.25, 0.3) is 0 Å². The molecule has 4 atom stereocenters. The summed E-state index contributed by atoms with van der Waals surface area (Å²) < 4.78 is 25.9. The van der Waals surface area contributed by atoms with E-state index in [2.05, 4.69) is 25.7 Å². The van der Waals surface area contributed by atoms with Crippen LogP contribution in [0.4, 0.5) is 0 Å². The van der Waals surface area contributed by atoms with E-state index in [9.17, 15) is 8.42 Å². The van der Waals surface area contributed by atoms with Gasteiger partial charge >= 0.3 is 0 Å². The van der Waals surface area contributed by atoms with Crippen LogP contribution in [0.5, 0.6) is 0 Å². The molecule has 0 aromatic heterocycles. The van der Waals surface area contributed by atoms with Crippen molar-refractivity contribution in [3.8, 4) is 0 Å². The zero-order chi connectivity index (χ0) is 24.0. The van der Waals surface area contributed by atoms with Gasteiger partial charge in [-0.25, -0.2) is 8.42 Å². The smallest absolute Gasteiger partial charge is 0.158 e. The molecule has 0 spiro atoms. The summed E-state index contributed by atoms with van der Waals surface area (Å²) in [5.41, 5.74) is 0.375. The van der Waals surface area contributed by atoms with E-state index in [1.807, 2.05) is 20.8 Å². The zero-order valence-corrected chi connectivity index (χ0v) is 22.9. The van der Waals surface area contributed by atoms with Gasteiger partial charge < -0.3 is 10.0 Å². The maximum atomic E-state index is 13.3. The predicted octanol–water partition coefficient (Wildman–Crippen LogP) is 6.08. The minimum atomic E-state index is -3.12. The summed E-state index contributed by atoms with van der Waals surface area (Å²) in [6.45, 7) is 16.1. The third-order valence-electron chi connectivity index (χ3n) is 7.90. The summed E-state index contributed by atoms with van der Waals surface area (Å²) in [4.78, 5) is 2.64. The van der Waals surface area contributed by atoms with Crippen molar-refractivity contribution < 1.29 is 13.5 Å². The summed E-state index contributed by atoms with van der Waals surface area (Å²) in [6.07, 6.45) is 12.6. The first-order chi connectivity index (χ1) is 14.8. The van der Waals surface area contributed by atoms with Crippen molar-refractivity contribution in [3.63, 3.8) is 0 Å². The van der Waals surface area contributed by atoms with E-state index in [-0.39, 0.29) is 17.8 Å². The van der Waals surface area contributed by atoms with E-state index >= 15 is 0 Å². The van der Waals surface area contributed by atoms with Gasteiger partial charge in [-0.15, -0.1) is 0 Å². The Hall–Kier alpha value is -0.130. The van der Waals surface area contributed by atoms with Crippen LogP contribution in [0.1, 0.15) is 112 Å². The van der Waals surface area contributed by atoms with E-state index in [0.29, 0.717) is 5.41 Å². The van der Waals surface area contributed by atoms with Crippen LogP contribution in [0.15, 0.2) is 0 Å². The number of aliphatic hydroxyl groups excluding tert-OH is 1. The quantitative estimate of drug-likeness (QED) is 0.351. The Labute approximate surface area is 199 Å². The molecule has 0 saturated heterocycles. The molecule has 5 heteroatoms. The minimum absolute atomic E-state index is 0.173. The van der Waals surface area contributed by atoms with Crippen molar-refractivity contribution in [2.75, 3.05) is 26.2 Å². The SMILES string of the molecule is CC(C)(C)CC1CCCC1CN(CCCCCCO)CC1CCCC1S(=O)(=O)C(C)(C)C. The van der Waals surface area contributed by atoms with Gasteiger partial charge in [-0.2, -0.15) is 0 Å². The minimum Gasteiger partial charge on any atom is -0.396 e. The van der Waals surface area contributed by atoms with Crippen LogP contribution in [-0.2, 0) is 9.84 Å². The fourth-order valence-corrected chi connectivity index (χ4v) is 8.32. The van der Waals surface area contributed by atoms with Gasteiger partial charge in [0.25, 0.3) is 0 Å². The molecule has 0 radical (unpaired) electrons. The van der Waals surface area contributed by atoms with Gasteiger partial charge in [0.1, 0.15) is 0 Å². The lowest BCUT2D eigenvalue weighted by atomic mass is 9.80. The Kier molecular flexibility index (Phi) is 10.6. The van der Waals surface area contributed by atoms with Gasteiger partial charge in [-0.1, -0.05) is 52.9 Å². The molecule has 32 heavy (non-hydrogen) atoms. The van der Waals surface area contributed by atoms with Crippen LogP contribution in [0.3, 0.4) is 0 Å². The summed E-state index contributed by atoms with van der Waals surface area (Å²) in [7, 11) is -3.12. The lowest BCUT2D eigenvalue weighted by Crippen LogP contribution is -2.44. The maximum absolute atomic E-state index is 13.3. The van der Waals surface area contributed by atoms with Gasteiger partial charge in [-0.05, 0) is 89.0 Å². The molecular formula is C27H53NO3S. The number of sulfone groups is 1. The molecule has 0 heterocycles. The second-order valence-electron chi connectivity index (χ2n) is 13.0. The standard InChI is InChI=1S/C27H53NO3S/c1-26(2,3)19-22-13-11-14-23(22)20-28(17-9-7-8-10-18-29)21-24-15-12-16-25(24)32(30,31)27(4,5)6/h22-25,29H,7-21H2,1-6H3. The van der Waals surface area contributed by atoms with Crippen molar-refractivity contribution in [2.24, 2.45) is 23.2 Å². The lowest BCUT2D eigenvalue weighted by molar-refractivity contribution is 0.156. The summed E-state index contributed by atoms with van der Waals surface area (Å²) >= 11 is 0. The monoisotopic (exact) mass is 471 g/mol. The molecule has 0 amide bonds. The molecule has 1 N–H and O–H groups in total. The first-order valence-corrected chi connectivity index (χ1v) is 15.0. The number of unbranched alkanes of at least 4 members (excludes halogenated alkanes) is 3. The highest BCUT2D eigenvalue weighted by atomic mass is 32.2. The fourth-order valence-electron chi connectivity index (χ4n) is 6.20. The summed E-state index contributed by atoms with van der Waals surface area (Å²) in [5, 5.41) is 8.91. The highest BCUT2D eigenvalue weighted by molar-refractivity contribution is 7.93. The van der Waals surface area contributed by atoms with Crippen molar-refractivity contribution in [1.82, 2.24) is 4.90 Å². The second-order valence-corrected chi connectivity index (χ2v) is 15.9. The Balaban J connectivity index is 2.07. The molecule has 2 saturated carbocycles. The van der Waals surface area contributed by atoms with Crippen LogP contribution < -0.4 is 0 Å². The van der Waals surface area contributed by atoms with Crippen molar-refractivity contribution in [2.45, 2.75) is 122 Å². The van der Waals surface area contributed by atoms with Crippen LogP contribution in [0.2, 0.25) is 0 Å². The van der Waals surface area contributed by atoms with E-state index in [1.165, 1.54) is 25.7 Å². The predicted molar refractivity (Wildman–Crippen MR) is 137 cm³/mol. The van der Waals surface area contributed by atoms with Crippen molar-refractivity contribution >= 4 is 9.84 Å². The average molecular weight is 472 g/mol. The van der Waals surface area contributed by atoms with Crippen LogP contribution in [-0.4, -0.2) is 54.7 Å². The molecule has 4 nitrogen and oxygen atoms in total. The number of hydrogen-bond acceptors (Lipinski definition) is 4. The maximum Gasteiger partial charge on any atom is 0.158 e. The Bertz CT molecular complexity index is 647. The molecule has 0 aromatic rings. The Morgan fingerprint density at radius 1 is 0.781 bits per heavy atom. The van der Waals surface area contributed by atoms with Crippen LogP contribution >= 0.6 is 0 Å². The first-order valence-electron chi connectivity index (χ1n) is 13.4. The molecule has 2 aliphatic rings. The number of aliphatic hydroxyl groups is 1. The summed E-state index contributed by atoms with van der Waals surface area (Å²) in [6, 6.07) is 0. The topological polar surface area (TPSA) is 57.6 Å². The molecule has 0 aromatic carbocycles. The van der Waals surface area contributed by atoms with Gasteiger partial charge in [0.2, 0.25) is 0 Å². The molecule has 4 unspecified atom stereocenters. The van der Waals surface area contributed by atoms with E-state index in [4.69, 9.17) is 5.11 Å². The third-order valence-corrected chi connectivity index (χ3v) is 11.0. The molecule has 0 bridgehead atoms. The van der Waals surface area contributed by atoms with Gasteiger partial charge in [0.05, 0.1) is 10.00 Å². The zero-order valence-electron chi connectivity index (χ0n) is 22.0. The molecule has 2 aliphatic carbocycles. The molecule has 0 aliphatic heterocycles. The van der Waals surface area contributed by atoms with Gasteiger partial charge in [0, 0.05) is 19.7 Å². The number of nitrogens with zero attached hydrogens (tertiary/aromatic N) is 1. The lowest BCUT2D eigenvalue weighted by Gasteiger charge is -2.35. The van der Waals surface area contributed by atoms with E-state index in [0.717, 1.165) is 76.4 Å². The third kappa shape index (κ3) is 8.27. The number of rotatable bonds is 12. The molecule has 2 fully saturated rings. The van der Waals surface area contributed by atoms with Gasteiger partial charge in [-0.3, -0.25) is 0 Å². The normalized spacial score (nSPS) is 27.5. The molecule has 190 valence electrons. The van der Waals surface area contributed by atoms with Crippen molar-refractivity contribution in [1.29, 1.82) is 0 Å². The number of hydrogen-bond donors (Lipinski definition) is 1. The Morgan fingerprint density at radius 2 is 1.34 bits per heavy atom. The van der Waals surface area contributed by atoms with Crippen molar-refractivity contribution in [3.05, 3.63) is 0 Å². The highest BCUT2D eigenvalue weighted by Gasteiger charge is 2.44. The van der Waals surface area contributed by atoms with Crippen LogP contribution in [0, 0.1) is 23.2 Å². The van der Waals surface area contributed by atoms with E-state index in [1.54, 1.807) is 0 Å². The van der Waals surface area contributed by atoms with E-state index < -0.39 is 14.6 Å². The summed E-state index contributed by atoms with van der Waals surface area (Å²) in [5.74, 6) is 1.84. The Morgan fingerprint density at radius 3 is 1.97 bits per heavy atom. The fraction of sp³-hybridized carbons (Fsp3) is 1.00. The highest BCUT2D eigenvalue weighted by Crippen LogP contribution is 2.41.